The summed E-state index contributed by atoms with van der Waals surface area (Å²) in [5, 5.41) is 10.9. The molecule has 2 aromatic carbocycles. The van der Waals surface area contributed by atoms with Crippen molar-refractivity contribution in [1.82, 2.24) is 4.98 Å². The molecule has 0 radical (unpaired) electrons. The van der Waals surface area contributed by atoms with Gasteiger partial charge in [0.25, 0.3) is 5.91 Å². The van der Waals surface area contributed by atoms with E-state index in [1.54, 1.807) is 55.5 Å². The summed E-state index contributed by atoms with van der Waals surface area (Å²) in [5.74, 6) is 0.160. The molecule has 1 heterocycles. The smallest absolute Gasteiger partial charge is 0.257 e. The minimum Gasteiger partial charge on any atom is -0.496 e. The summed E-state index contributed by atoms with van der Waals surface area (Å²) in [6.45, 7) is 1.68. The number of nitrogens with zero attached hydrogens (tertiary/aromatic N) is 1. The third kappa shape index (κ3) is 6.02. The summed E-state index contributed by atoms with van der Waals surface area (Å²) >= 11 is 9.23. The minimum atomic E-state index is -0.424. The predicted octanol–water partition coefficient (Wildman–Crippen LogP) is 6.21. The van der Waals surface area contributed by atoms with E-state index in [9.17, 15) is 9.59 Å². The Labute approximate surface area is 200 Å². The van der Waals surface area contributed by atoms with E-state index < -0.39 is 5.91 Å². The topological polar surface area (TPSA) is 92.1 Å². The van der Waals surface area contributed by atoms with Crippen LogP contribution in [-0.2, 0) is 6.42 Å². The molecule has 0 unspecified atom stereocenters. The van der Waals surface area contributed by atoms with Gasteiger partial charge in [0.15, 0.2) is 5.78 Å². The number of pyridine rings is 1. The Hall–Kier alpha value is -3.03. The highest BCUT2D eigenvalue weighted by molar-refractivity contribution is 9.10. The van der Waals surface area contributed by atoms with Crippen LogP contribution in [0.4, 0.5) is 5.82 Å². The average molecular weight is 517 g/mol. The lowest BCUT2D eigenvalue weighted by Gasteiger charge is -2.15. The fourth-order valence-corrected chi connectivity index (χ4v) is 3.53. The molecule has 6 nitrogen and oxygen atoms in total. The second-order valence-electron chi connectivity index (χ2n) is 6.75. The summed E-state index contributed by atoms with van der Waals surface area (Å²) in [4.78, 5) is 30.0. The minimum absolute atomic E-state index is 0. The first kappa shape index (κ1) is 25.2. The van der Waals surface area contributed by atoms with Crippen LogP contribution in [0, 0.1) is 5.41 Å². The molecule has 1 amide bonds. The normalized spacial score (nSPS) is 10.1. The van der Waals surface area contributed by atoms with Gasteiger partial charge in [-0.05, 0) is 36.8 Å². The average Bonchev–Trinajstić information content (AvgIpc) is 2.76. The Kier molecular flexibility index (Phi) is 8.69. The summed E-state index contributed by atoms with van der Waals surface area (Å²) in [6, 6.07) is 13.4. The van der Waals surface area contributed by atoms with Crippen LogP contribution in [0.15, 0.2) is 59.2 Å². The van der Waals surface area contributed by atoms with E-state index in [2.05, 4.69) is 26.2 Å². The fraction of sp³-hybridized carbons (Fsp3) is 0.167. The number of halogens is 2. The highest BCUT2D eigenvalue weighted by Crippen LogP contribution is 2.30. The Morgan fingerprint density at radius 2 is 1.78 bits per heavy atom. The molecule has 0 saturated carbocycles. The number of Topliss-reactive ketones (excluding diaryl/α,β-unsaturated/α-hetero) is 1. The Morgan fingerprint density at radius 3 is 2.34 bits per heavy atom. The van der Waals surface area contributed by atoms with Crippen molar-refractivity contribution in [3.05, 3.63) is 86.5 Å². The molecule has 1 aromatic heterocycles. The molecular formula is C24H23BrClN3O3. The molecule has 0 spiro atoms. The van der Waals surface area contributed by atoms with Crippen LogP contribution < -0.4 is 10.1 Å². The number of ether oxygens (including phenoxy) is 1. The van der Waals surface area contributed by atoms with Crippen molar-refractivity contribution in [3.63, 3.8) is 0 Å². The number of hydrogen-bond donors (Lipinski definition) is 2. The van der Waals surface area contributed by atoms with E-state index in [1.807, 2.05) is 0 Å². The zero-order valence-electron chi connectivity index (χ0n) is 16.8. The number of anilines is 1. The molecule has 166 valence electrons. The van der Waals surface area contributed by atoms with Gasteiger partial charge in [-0.3, -0.25) is 9.59 Å². The van der Waals surface area contributed by atoms with Gasteiger partial charge in [0.1, 0.15) is 11.6 Å². The van der Waals surface area contributed by atoms with E-state index >= 15 is 0 Å². The van der Waals surface area contributed by atoms with Gasteiger partial charge in [-0.2, -0.15) is 0 Å². The number of methoxy groups -OCH3 is 1. The van der Waals surface area contributed by atoms with Crippen LogP contribution in [0.5, 0.6) is 5.75 Å². The van der Waals surface area contributed by atoms with Crippen molar-refractivity contribution in [2.45, 2.75) is 20.8 Å². The highest BCUT2D eigenvalue weighted by Gasteiger charge is 2.21. The maximum Gasteiger partial charge on any atom is 0.257 e. The Bertz CT molecular complexity index is 1150. The molecule has 0 aliphatic carbocycles. The molecule has 0 aliphatic rings. The van der Waals surface area contributed by atoms with Crippen molar-refractivity contribution >= 4 is 50.8 Å². The van der Waals surface area contributed by atoms with Crippen LogP contribution in [0.1, 0.15) is 46.2 Å². The van der Waals surface area contributed by atoms with Gasteiger partial charge in [0.05, 0.1) is 12.1 Å². The van der Waals surface area contributed by atoms with Gasteiger partial charge in [-0.15, -0.1) is 0 Å². The summed E-state index contributed by atoms with van der Waals surface area (Å²) < 4.78 is 6.09. The van der Waals surface area contributed by atoms with Crippen LogP contribution in [0.25, 0.3) is 0 Å². The first-order chi connectivity index (χ1) is 14.8. The number of carbonyl (C=O) groups excluding carboxylic acids is 2. The highest BCUT2D eigenvalue weighted by atomic mass is 79.9. The van der Waals surface area contributed by atoms with Crippen molar-refractivity contribution in [3.8, 4) is 5.75 Å². The molecule has 3 rings (SSSR count). The largest absolute Gasteiger partial charge is 0.496 e. The lowest BCUT2D eigenvalue weighted by atomic mass is 9.96. The Balaban J connectivity index is 0.00000363. The second kappa shape index (κ2) is 11.0. The van der Waals surface area contributed by atoms with Gasteiger partial charge in [-0.1, -0.05) is 59.2 Å². The lowest BCUT2D eigenvalue weighted by Crippen LogP contribution is -2.17. The maximum atomic E-state index is 13.0. The van der Waals surface area contributed by atoms with E-state index in [0.29, 0.717) is 43.5 Å². The van der Waals surface area contributed by atoms with E-state index in [0.717, 1.165) is 5.56 Å². The maximum absolute atomic E-state index is 13.0. The number of nitrogens with one attached hydrogen (secondary N) is 2. The molecule has 0 aliphatic heterocycles. The van der Waals surface area contributed by atoms with E-state index in [-0.39, 0.29) is 19.6 Å². The van der Waals surface area contributed by atoms with Crippen molar-refractivity contribution < 1.29 is 14.3 Å². The SMILES string of the molecule is C.COc1cc(Br)cc(C(=O)Nc2ccc(Cl)cn2)c1CC(=O)c1ccc(C(C)=N)cc1. The lowest BCUT2D eigenvalue weighted by molar-refractivity contribution is 0.0991. The number of carbonyl (C=O) groups is 2. The Morgan fingerprint density at radius 1 is 1.12 bits per heavy atom. The van der Waals surface area contributed by atoms with E-state index in [1.165, 1.54) is 13.3 Å². The number of hydrogen-bond acceptors (Lipinski definition) is 5. The standard InChI is InChI=1S/C23H19BrClN3O3.CH4/c1-13(26)14-3-5-15(6-4-14)20(29)11-18-19(9-16(24)10-21(18)31-2)23(30)28-22-8-7-17(25)12-27-22;/h3-10,12,26H,11H2,1-2H3,(H,27,28,30);1H4. The first-order valence-corrected chi connectivity index (χ1v) is 10.4. The van der Waals surface area contributed by atoms with Crippen LogP contribution >= 0.6 is 27.5 Å². The third-order valence-electron chi connectivity index (χ3n) is 4.58. The van der Waals surface area contributed by atoms with Gasteiger partial charge in [0, 0.05) is 39.5 Å². The molecule has 0 atom stereocenters. The number of benzene rings is 2. The summed E-state index contributed by atoms with van der Waals surface area (Å²) in [5.41, 5.74) is 2.41. The number of rotatable bonds is 7. The molecular weight excluding hydrogens is 494 g/mol. The van der Waals surface area contributed by atoms with Crippen molar-refractivity contribution in [1.29, 1.82) is 5.41 Å². The van der Waals surface area contributed by atoms with Gasteiger partial charge in [0.2, 0.25) is 0 Å². The monoisotopic (exact) mass is 515 g/mol. The third-order valence-corrected chi connectivity index (χ3v) is 5.27. The zero-order valence-corrected chi connectivity index (χ0v) is 19.2. The molecule has 32 heavy (non-hydrogen) atoms. The fourth-order valence-electron chi connectivity index (χ4n) is 2.98. The van der Waals surface area contributed by atoms with Crippen molar-refractivity contribution in [2.75, 3.05) is 12.4 Å². The molecule has 2 N–H and O–H groups in total. The van der Waals surface area contributed by atoms with Crippen LogP contribution in [0.3, 0.4) is 0 Å². The molecule has 8 heteroatoms. The van der Waals surface area contributed by atoms with Crippen LogP contribution in [-0.4, -0.2) is 29.5 Å². The quantitative estimate of drug-likeness (QED) is 0.288. The van der Waals surface area contributed by atoms with Gasteiger partial charge >= 0.3 is 0 Å². The number of ketones is 1. The molecule has 3 aromatic rings. The molecule has 0 saturated heterocycles. The molecule has 0 bridgehead atoms. The zero-order chi connectivity index (χ0) is 22.5. The number of amides is 1. The van der Waals surface area contributed by atoms with Gasteiger partial charge < -0.3 is 15.5 Å². The van der Waals surface area contributed by atoms with Crippen molar-refractivity contribution in [2.24, 2.45) is 0 Å². The predicted molar refractivity (Wildman–Crippen MR) is 132 cm³/mol. The molecule has 0 fully saturated rings. The summed E-state index contributed by atoms with van der Waals surface area (Å²) in [6.07, 6.45) is 1.40. The summed E-state index contributed by atoms with van der Waals surface area (Å²) in [7, 11) is 1.49. The van der Waals surface area contributed by atoms with E-state index in [4.69, 9.17) is 21.7 Å². The first-order valence-electron chi connectivity index (χ1n) is 9.26. The van der Waals surface area contributed by atoms with Crippen LogP contribution in [0.2, 0.25) is 5.02 Å². The van der Waals surface area contributed by atoms with Gasteiger partial charge in [-0.25, -0.2) is 4.98 Å². The number of aromatic nitrogens is 1. The second-order valence-corrected chi connectivity index (χ2v) is 8.10.